The minimum Gasteiger partial charge on any atom is -0.395 e. The predicted octanol–water partition coefficient (Wildman–Crippen LogP) is -0.563. The second kappa shape index (κ2) is 7.06. The molecule has 0 saturated heterocycles. The first-order valence-electron chi connectivity index (χ1n) is 4.28. The Morgan fingerprint density at radius 2 is 2.17 bits per heavy atom. The van der Waals surface area contributed by atoms with Gasteiger partial charge in [-0.2, -0.15) is 0 Å². The molecule has 0 bridgehead atoms. The monoisotopic (exact) mass is 174 g/mol. The number of amides is 1. The average molecular weight is 174 g/mol. The molecule has 4 heteroatoms. The normalized spacial score (nSPS) is 10.3. The Morgan fingerprint density at radius 3 is 2.58 bits per heavy atom. The molecule has 1 amide bonds. The minimum atomic E-state index is -0.00458. The third-order valence-corrected chi connectivity index (χ3v) is 1.67. The maximum absolute atomic E-state index is 10.5. The summed E-state index contributed by atoms with van der Waals surface area (Å²) in [5.74, 6) is -0.00458. The number of aliphatic hydroxyl groups is 1. The lowest BCUT2D eigenvalue weighted by molar-refractivity contribution is -0.119. The van der Waals surface area contributed by atoms with Gasteiger partial charge in [0.05, 0.1) is 6.61 Å². The molecule has 0 aromatic heterocycles. The largest absolute Gasteiger partial charge is 0.395 e. The van der Waals surface area contributed by atoms with E-state index in [1.54, 1.807) is 0 Å². The van der Waals surface area contributed by atoms with Crippen molar-refractivity contribution in [2.24, 2.45) is 0 Å². The second-order valence-corrected chi connectivity index (χ2v) is 2.64. The topological polar surface area (TPSA) is 52.6 Å². The first-order valence-corrected chi connectivity index (χ1v) is 4.28. The van der Waals surface area contributed by atoms with Crippen LogP contribution < -0.4 is 5.32 Å². The molecular weight excluding hydrogens is 156 g/mol. The molecule has 0 heterocycles. The van der Waals surface area contributed by atoms with Crippen LogP contribution in [0.15, 0.2) is 0 Å². The van der Waals surface area contributed by atoms with Crippen LogP contribution in [0.25, 0.3) is 0 Å². The molecule has 0 aliphatic carbocycles. The summed E-state index contributed by atoms with van der Waals surface area (Å²) in [6.07, 6.45) is 0. The molecule has 12 heavy (non-hydrogen) atoms. The van der Waals surface area contributed by atoms with Gasteiger partial charge < -0.3 is 10.4 Å². The van der Waals surface area contributed by atoms with Crippen molar-refractivity contribution in [1.29, 1.82) is 0 Å². The lowest BCUT2D eigenvalue weighted by Crippen LogP contribution is -2.35. The van der Waals surface area contributed by atoms with Crippen molar-refractivity contribution in [3.8, 4) is 0 Å². The summed E-state index contributed by atoms with van der Waals surface area (Å²) < 4.78 is 0. The molecule has 0 spiro atoms. The lowest BCUT2D eigenvalue weighted by Gasteiger charge is -2.18. The molecule has 0 fully saturated rings. The van der Waals surface area contributed by atoms with E-state index < -0.39 is 0 Å². The van der Waals surface area contributed by atoms with Gasteiger partial charge in [-0.3, -0.25) is 9.69 Å². The Kier molecular flexibility index (Phi) is 6.70. The van der Waals surface area contributed by atoms with Crippen LogP contribution >= 0.6 is 0 Å². The number of nitrogens with zero attached hydrogens (tertiary/aromatic N) is 1. The van der Waals surface area contributed by atoms with Crippen molar-refractivity contribution in [2.75, 3.05) is 32.8 Å². The summed E-state index contributed by atoms with van der Waals surface area (Å²) >= 11 is 0. The molecule has 72 valence electrons. The van der Waals surface area contributed by atoms with Gasteiger partial charge in [-0.1, -0.05) is 6.92 Å². The number of rotatable bonds is 6. The van der Waals surface area contributed by atoms with E-state index in [1.165, 1.54) is 6.92 Å². The van der Waals surface area contributed by atoms with E-state index in [0.717, 1.165) is 13.1 Å². The minimum absolute atomic E-state index is 0.00458. The van der Waals surface area contributed by atoms with Gasteiger partial charge >= 0.3 is 0 Å². The van der Waals surface area contributed by atoms with E-state index >= 15 is 0 Å². The van der Waals surface area contributed by atoms with Gasteiger partial charge in [-0.15, -0.1) is 0 Å². The van der Waals surface area contributed by atoms with Gasteiger partial charge in [0.25, 0.3) is 0 Å². The average Bonchev–Trinajstić information content (AvgIpc) is 2.02. The molecule has 0 radical (unpaired) electrons. The van der Waals surface area contributed by atoms with E-state index in [1.807, 2.05) is 6.92 Å². The number of aliphatic hydroxyl groups excluding tert-OH is 1. The molecular formula is C8H18N2O2. The molecule has 0 saturated carbocycles. The first kappa shape index (κ1) is 11.4. The number of hydrogen-bond acceptors (Lipinski definition) is 3. The standard InChI is InChI=1S/C8H18N2O2/c1-3-10(6-7-11)5-4-9-8(2)12/h11H,3-7H2,1-2H3,(H,9,12). The van der Waals surface area contributed by atoms with E-state index in [-0.39, 0.29) is 12.5 Å². The molecule has 0 aliphatic heterocycles. The quantitative estimate of drug-likeness (QED) is 0.567. The van der Waals surface area contributed by atoms with Crippen LogP contribution in [0, 0.1) is 0 Å². The summed E-state index contributed by atoms with van der Waals surface area (Å²) in [7, 11) is 0. The molecule has 0 unspecified atom stereocenters. The molecule has 2 N–H and O–H groups in total. The second-order valence-electron chi connectivity index (χ2n) is 2.64. The Labute approximate surface area is 73.6 Å². The van der Waals surface area contributed by atoms with Crippen molar-refractivity contribution >= 4 is 5.91 Å². The van der Waals surface area contributed by atoms with Crippen LogP contribution in [0.4, 0.5) is 0 Å². The predicted molar refractivity (Wildman–Crippen MR) is 47.9 cm³/mol. The van der Waals surface area contributed by atoms with Crippen LogP contribution in [-0.2, 0) is 4.79 Å². The summed E-state index contributed by atoms with van der Waals surface area (Å²) in [6, 6.07) is 0. The summed E-state index contributed by atoms with van der Waals surface area (Å²) in [4.78, 5) is 12.6. The van der Waals surface area contributed by atoms with Gasteiger partial charge in [-0.25, -0.2) is 0 Å². The van der Waals surface area contributed by atoms with Crippen LogP contribution in [0.3, 0.4) is 0 Å². The summed E-state index contributed by atoms with van der Waals surface area (Å²) in [5, 5.41) is 11.4. The van der Waals surface area contributed by atoms with E-state index in [0.29, 0.717) is 13.1 Å². The molecule has 4 nitrogen and oxygen atoms in total. The Morgan fingerprint density at radius 1 is 1.50 bits per heavy atom. The van der Waals surface area contributed by atoms with Gasteiger partial charge in [-0.05, 0) is 6.54 Å². The van der Waals surface area contributed by atoms with Crippen LogP contribution in [0.1, 0.15) is 13.8 Å². The third-order valence-electron chi connectivity index (χ3n) is 1.67. The summed E-state index contributed by atoms with van der Waals surface area (Å²) in [5.41, 5.74) is 0. The fraction of sp³-hybridized carbons (Fsp3) is 0.875. The smallest absolute Gasteiger partial charge is 0.216 e. The molecule has 0 aromatic rings. The molecule has 0 rings (SSSR count). The fourth-order valence-electron chi connectivity index (χ4n) is 0.959. The zero-order chi connectivity index (χ0) is 9.40. The van der Waals surface area contributed by atoms with Crippen LogP contribution in [-0.4, -0.2) is 48.7 Å². The number of carbonyl (C=O) groups is 1. The van der Waals surface area contributed by atoms with Crippen molar-refractivity contribution in [1.82, 2.24) is 10.2 Å². The van der Waals surface area contributed by atoms with Gasteiger partial charge in [0.1, 0.15) is 0 Å². The zero-order valence-corrected chi connectivity index (χ0v) is 7.84. The lowest BCUT2D eigenvalue weighted by atomic mass is 10.4. The maximum atomic E-state index is 10.5. The number of nitrogens with one attached hydrogen (secondary N) is 1. The van der Waals surface area contributed by atoms with E-state index in [4.69, 9.17) is 5.11 Å². The van der Waals surface area contributed by atoms with Gasteiger partial charge in [0.15, 0.2) is 0 Å². The number of hydrogen-bond donors (Lipinski definition) is 2. The highest BCUT2D eigenvalue weighted by molar-refractivity contribution is 5.72. The molecule has 0 aliphatic rings. The molecule has 0 aromatic carbocycles. The van der Waals surface area contributed by atoms with Crippen molar-refractivity contribution in [2.45, 2.75) is 13.8 Å². The van der Waals surface area contributed by atoms with Crippen LogP contribution in [0.2, 0.25) is 0 Å². The molecule has 0 atom stereocenters. The summed E-state index contributed by atoms with van der Waals surface area (Å²) in [6.45, 7) is 6.75. The number of likely N-dealkylation sites (N-methyl/N-ethyl adjacent to an activating group) is 1. The Hall–Kier alpha value is -0.610. The van der Waals surface area contributed by atoms with Crippen molar-refractivity contribution in [3.05, 3.63) is 0 Å². The van der Waals surface area contributed by atoms with E-state index in [9.17, 15) is 4.79 Å². The Balaban J connectivity index is 3.37. The maximum Gasteiger partial charge on any atom is 0.216 e. The third kappa shape index (κ3) is 6.12. The highest BCUT2D eigenvalue weighted by Crippen LogP contribution is 1.84. The highest BCUT2D eigenvalue weighted by atomic mass is 16.3. The number of carbonyl (C=O) groups excluding carboxylic acids is 1. The van der Waals surface area contributed by atoms with E-state index in [2.05, 4.69) is 10.2 Å². The SMILES string of the molecule is CCN(CCO)CCNC(C)=O. The van der Waals surface area contributed by atoms with Crippen molar-refractivity contribution in [3.63, 3.8) is 0 Å². The first-order chi connectivity index (χ1) is 5.70. The zero-order valence-electron chi connectivity index (χ0n) is 7.84. The highest BCUT2D eigenvalue weighted by Gasteiger charge is 2.00. The van der Waals surface area contributed by atoms with Gasteiger partial charge in [0, 0.05) is 26.6 Å². The Bertz CT molecular complexity index is 128. The van der Waals surface area contributed by atoms with Crippen molar-refractivity contribution < 1.29 is 9.90 Å². The van der Waals surface area contributed by atoms with Gasteiger partial charge in [0.2, 0.25) is 5.91 Å². The van der Waals surface area contributed by atoms with Crippen LogP contribution in [0.5, 0.6) is 0 Å². The fourth-order valence-corrected chi connectivity index (χ4v) is 0.959.